The molecule has 2 aromatic rings. The van der Waals surface area contributed by atoms with Crippen LogP contribution in [0.15, 0.2) is 42.5 Å². The zero-order valence-electron chi connectivity index (χ0n) is 11.7. The zero-order chi connectivity index (χ0) is 15.9. The van der Waals surface area contributed by atoms with E-state index in [0.29, 0.717) is 28.9 Å². The van der Waals surface area contributed by atoms with Crippen molar-refractivity contribution in [2.75, 3.05) is 6.54 Å². The molecule has 22 heavy (non-hydrogen) atoms. The molecule has 4 nitrogen and oxygen atoms in total. The Kier molecular flexibility index (Phi) is 6.07. The molecule has 0 heterocycles. The predicted octanol–water partition coefficient (Wildman–Crippen LogP) is 3.75. The first-order chi connectivity index (χ1) is 10.5. The van der Waals surface area contributed by atoms with E-state index in [1.807, 2.05) is 30.3 Å². The van der Waals surface area contributed by atoms with Gasteiger partial charge in [-0.05, 0) is 29.8 Å². The van der Waals surface area contributed by atoms with Gasteiger partial charge in [-0.25, -0.2) is 0 Å². The number of aliphatic carboxylic acids is 1. The highest BCUT2D eigenvalue weighted by Gasteiger charge is 2.03. The van der Waals surface area contributed by atoms with E-state index >= 15 is 0 Å². The third kappa shape index (κ3) is 5.22. The van der Waals surface area contributed by atoms with Gasteiger partial charge in [-0.3, -0.25) is 4.79 Å². The van der Waals surface area contributed by atoms with Crippen molar-refractivity contribution < 1.29 is 14.6 Å². The molecule has 0 unspecified atom stereocenters. The van der Waals surface area contributed by atoms with E-state index in [4.69, 9.17) is 33.0 Å². The molecule has 0 spiro atoms. The van der Waals surface area contributed by atoms with Crippen LogP contribution in [0.5, 0.6) is 5.75 Å². The molecule has 0 radical (unpaired) electrons. The minimum absolute atomic E-state index is 0.0622. The first kappa shape index (κ1) is 16.6. The molecule has 0 saturated heterocycles. The standard InChI is InChI=1S/C16H15Cl2NO3/c17-13-4-3-12(15(18)7-13)10-22-14-5-1-11(2-6-14)8-19-9-16(20)21/h1-7,19H,8-10H2,(H,20,21). The third-order valence-corrected chi connectivity index (χ3v) is 3.53. The van der Waals surface area contributed by atoms with Crippen molar-refractivity contribution in [2.45, 2.75) is 13.2 Å². The molecular weight excluding hydrogens is 325 g/mol. The molecular formula is C16H15Cl2NO3. The first-order valence-electron chi connectivity index (χ1n) is 6.63. The van der Waals surface area contributed by atoms with Crippen LogP contribution in [-0.4, -0.2) is 17.6 Å². The van der Waals surface area contributed by atoms with E-state index in [-0.39, 0.29) is 6.54 Å². The Morgan fingerprint density at radius 2 is 1.86 bits per heavy atom. The third-order valence-electron chi connectivity index (χ3n) is 2.94. The number of halogens is 2. The van der Waals surface area contributed by atoms with Gasteiger partial charge in [0.05, 0.1) is 6.54 Å². The van der Waals surface area contributed by atoms with Crippen molar-refractivity contribution in [2.24, 2.45) is 0 Å². The molecule has 0 aliphatic heterocycles. The average molecular weight is 340 g/mol. The van der Waals surface area contributed by atoms with Crippen LogP contribution in [0.4, 0.5) is 0 Å². The second-order valence-electron chi connectivity index (χ2n) is 4.67. The predicted molar refractivity (Wildman–Crippen MR) is 86.6 cm³/mol. The minimum atomic E-state index is -0.875. The first-order valence-corrected chi connectivity index (χ1v) is 7.38. The number of hydrogen-bond acceptors (Lipinski definition) is 3. The second kappa shape index (κ2) is 8.03. The number of carboxylic acid groups (broad SMARTS) is 1. The number of rotatable bonds is 7. The number of benzene rings is 2. The Morgan fingerprint density at radius 3 is 2.50 bits per heavy atom. The molecule has 0 aromatic heterocycles. The Labute approximate surface area is 138 Å². The molecule has 0 aliphatic carbocycles. The summed E-state index contributed by atoms with van der Waals surface area (Å²) in [6.45, 7) is 0.787. The topological polar surface area (TPSA) is 58.6 Å². The number of ether oxygens (including phenoxy) is 1. The van der Waals surface area contributed by atoms with E-state index in [1.54, 1.807) is 12.1 Å². The van der Waals surface area contributed by atoms with Crippen molar-refractivity contribution in [3.63, 3.8) is 0 Å². The monoisotopic (exact) mass is 339 g/mol. The Hall–Kier alpha value is -1.75. The highest BCUT2D eigenvalue weighted by molar-refractivity contribution is 6.35. The highest BCUT2D eigenvalue weighted by atomic mass is 35.5. The van der Waals surface area contributed by atoms with Crippen LogP contribution in [0.2, 0.25) is 10.0 Å². The van der Waals surface area contributed by atoms with E-state index in [1.165, 1.54) is 0 Å². The molecule has 6 heteroatoms. The van der Waals surface area contributed by atoms with Crippen molar-refractivity contribution in [1.82, 2.24) is 5.32 Å². The van der Waals surface area contributed by atoms with Crippen LogP contribution in [0, 0.1) is 0 Å². The number of carboxylic acids is 1. The lowest BCUT2D eigenvalue weighted by molar-refractivity contribution is -0.135. The Morgan fingerprint density at radius 1 is 1.14 bits per heavy atom. The van der Waals surface area contributed by atoms with Gasteiger partial charge in [0.1, 0.15) is 12.4 Å². The zero-order valence-corrected chi connectivity index (χ0v) is 13.2. The molecule has 0 saturated carbocycles. The second-order valence-corrected chi connectivity index (χ2v) is 5.51. The summed E-state index contributed by atoms with van der Waals surface area (Å²) in [4.78, 5) is 10.4. The van der Waals surface area contributed by atoms with Crippen LogP contribution < -0.4 is 10.1 Å². The van der Waals surface area contributed by atoms with Gasteiger partial charge in [0.25, 0.3) is 0 Å². The maximum Gasteiger partial charge on any atom is 0.317 e. The molecule has 2 rings (SSSR count). The van der Waals surface area contributed by atoms with Gasteiger partial charge in [-0.2, -0.15) is 0 Å². The molecule has 0 bridgehead atoms. The van der Waals surface area contributed by atoms with E-state index in [2.05, 4.69) is 5.32 Å². The summed E-state index contributed by atoms with van der Waals surface area (Å²) in [6.07, 6.45) is 0. The SMILES string of the molecule is O=C(O)CNCc1ccc(OCc2ccc(Cl)cc2Cl)cc1. The average Bonchev–Trinajstić information content (AvgIpc) is 2.47. The van der Waals surface area contributed by atoms with Crippen LogP contribution in [0.25, 0.3) is 0 Å². The maximum absolute atomic E-state index is 10.4. The van der Waals surface area contributed by atoms with E-state index in [0.717, 1.165) is 11.1 Å². The van der Waals surface area contributed by atoms with Gasteiger partial charge >= 0.3 is 5.97 Å². The normalized spacial score (nSPS) is 10.5. The smallest absolute Gasteiger partial charge is 0.317 e. The highest BCUT2D eigenvalue weighted by Crippen LogP contribution is 2.22. The van der Waals surface area contributed by atoms with Crippen LogP contribution >= 0.6 is 23.2 Å². The van der Waals surface area contributed by atoms with Crippen molar-refractivity contribution in [1.29, 1.82) is 0 Å². The van der Waals surface area contributed by atoms with E-state index in [9.17, 15) is 4.79 Å². The molecule has 2 aromatic carbocycles. The van der Waals surface area contributed by atoms with Crippen molar-refractivity contribution in [3.05, 3.63) is 63.6 Å². The molecule has 0 fully saturated rings. The van der Waals surface area contributed by atoms with Gasteiger partial charge in [-0.1, -0.05) is 41.4 Å². The van der Waals surface area contributed by atoms with Crippen molar-refractivity contribution >= 4 is 29.2 Å². The lowest BCUT2D eigenvalue weighted by Crippen LogP contribution is -2.21. The van der Waals surface area contributed by atoms with E-state index < -0.39 is 5.97 Å². The van der Waals surface area contributed by atoms with Gasteiger partial charge in [0.15, 0.2) is 0 Å². The fraction of sp³-hybridized carbons (Fsp3) is 0.188. The minimum Gasteiger partial charge on any atom is -0.489 e. The number of hydrogen-bond donors (Lipinski definition) is 2. The lowest BCUT2D eigenvalue weighted by Gasteiger charge is -2.09. The Bertz CT molecular complexity index is 644. The summed E-state index contributed by atoms with van der Waals surface area (Å²) in [6, 6.07) is 12.7. The largest absolute Gasteiger partial charge is 0.489 e. The van der Waals surface area contributed by atoms with Gasteiger partial charge < -0.3 is 15.2 Å². The summed E-state index contributed by atoms with van der Waals surface area (Å²) >= 11 is 11.9. The molecule has 0 atom stereocenters. The fourth-order valence-corrected chi connectivity index (χ4v) is 2.28. The number of carbonyl (C=O) groups is 1. The summed E-state index contributed by atoms with van der Waals surface area (Å²) in [5.74, 6) is -0.159. The molecule has 116 valence electrons. The fourth-order valence-electron chi connectivity index (χ4n) is 1.82. The molecule has 0 amide bonds. The van der Waals surface area contributed by atoms with Crippen molar-refractivity contribution in [3.8, 4) is 5.75 Å². The molecule has 2 N–H and O–H groups in total. The number of nitrogens with one attached hydrogen (secondary N) is 1. The quantitative estimate of drug-likeness (QED) is 0.806. The summed E-state index contributed by atoms with van der Waals surface area (Å²) < 4.78 is 5.67. The van der Waals surface area contributed by atoms with Crippen LogP contribution in [0.1, 0.15) is 11.1 Å². The van der Waals surface area contributed by atoms with Crippen LogP contribution in [-0.2, 0) is 17.9 Å². The summed E-state index contributed by atoms with van der Waals surface area (Å²) in [5, 5.41) is 12.5. The summed E-state index contributed by atoms with van der Waals surface area (Å²) in [7, 11) is 0. The van der Waals surface area contributed by atoms with Gasteiger partial charge in [0, 0.05) is 22.2 Å². The Balaban J connectivity index is 1.87. The maximum atomic E-state index is 10.4. The lowest BCUT2D eigenvalue weighted by atomic mass is 10.2. The summed E-state index contributed by atoms with van der Waals surface area (Å²) in [5.41, 5.74) is 1.84. The van der Waals surface area contributed by atoms with Gasteiger partial charge in [-0.15, -0.1) is 0 Å². The van der Waals surface area contributed by atoms with Gasteiger partial charge in [0.2, 0.25) is 0 Å². The van der Waals surface area contributed by atoms with Crippen LogP contribution in [0.3, 0.4) is 0 Å². The molecule has 0 aliphatic rings.